The summed E-state index contributed by atoms with van der Waals surface area (Å²) in [5, 5.41) is 6.28. The molecule has 1 heterocycles. The summed E-state index contributed by atoms with van der Waals surface area (Å²) in [6, 6.07) is 16.0. The van der Waals surface area contributed by atoms with E-state index in [9.17, 15) is 14.0 Å². The minimum absolute atomic E-state index is 0.334. The van der Waals surface area contributed by atoms with Crippen LogP contribution in [0, 0.1) is 5.82 Å². The molecule has 0 spiro atoms. The van der Waals surface area contributed by atoms with Crippen LogP contribution in [0.25, 0.3) is 0 Å². The number of esters is 1. The van der Waals surface area contributed by atoms with Gasteiger partial charge in [-0.25, -0.2) is 4.39 Å². The second-order valence-electron chi connectivity index (χ2n) is 7.69. The number of carbonyl (C=O) groups excluding carboxylic acids is 2. The molecule has 0 aromatic heterocycles. The first kappa shape index (κ1) is 23.5. The Labute approximate surface area is 201 Å². The fraction of sp³-hybridized carbons (Fsp3) is 0.200. The second kappa shape index (κ2) is 10.5. The van der Waals surface area contributed by atoms with E-state index in [1.807, 2.05) is 4.90 Å². The molecule has 7 nitrogen and oxygen atoms in total. The smallest absolute Gasteiger partial charge is 0.308 e. The number of rotatable bonds is 6. The van der Waals surface area contributed by atoms with E-state index in [4.69, 9.17) is 21.1 Å². The predicted octanol–water partition coefficient (Wildman–Crippen LogP) is 5.24. The third-order valence-electron chi connectivity index (χ3n) is 5.12. The van der Waals surface area contributed by atoms with Crippen LogP contribution in [0.1, 0.15) is 17.3 Å². The van der Waals surface area contributed by atoms with E-state index >= 15 is 0 Å². The highest BCUT2D eigenvalue weighted by Gasteiger charge is 2.15. The zero-order chi connectivity index (χ0) is 24.1. The van der Waals surface area contributed by atoms with Gasteiger partial charge in [-0.1, -0.05) is 17.7 Å². The zero-order valence-corrected chi connectivity index (χ0v) is 19.2. The minimum Gasteiger partial charge on any atom is -0.427 e. The van der Waals surface area contributed by atoms with E-state index < -0.39 is 17.7 Å². The van der Waals surface area contributed by atoms with E-state index in [0.717, 1.165) is 0 Å². The van der Waals surface area contributed by atoms with Crippen molar-refractivity contribution in [2.45, 2.75) is 6.92 Å². The summed E-state index contributed by atoms with van der Waals surface area (Å²) >= 11 is 6.32. The summed E-state index contributed by atoms with van der Waals surface area (Å²) in [6.07, 6.45) is 0. The topological polar surface area (TPSA) is 79.9 Å². The number of hydrogen-bond acceptors (Lipinski definition) is 6. The molecule has 0 aliphatic carbocycles. The molecule has 0 atom stereocenters. The average Bonchev–Trinajstić information content (AvgIpc) is 2.80. The molecule has 3 aromatic rings. The Kier molecular flexibility index (Phi) is 7.30. The second-order valence-corrected chi connectivity index (χ2v) is 8.10. The van der Waals surface area contributed by atoms with Gasteiger partial charge in [0.25, 0.3) is 5.91 Å². The van der Waals surface area contributed by atoms with E-state index in [1.165, 1.54) is 19.1 Å². The number of morpholine rings is 1. The van der Waals surface area contributed by atoms with Crippen LogP contribution in [0.15, 0.2) is 60.7 Å². The molecule has 1 aliphatic rings. The van der Waals surface area contributed by atoms with Crippen molar-refractivity contribution in [3.8, 4) is 5.75 Å². The average molecular weight is 484 g/mol. The van der Waals surface area contributed by atoms with E-state index in [-0.39, 0.29) is 0 Å². The van der Waals surface area contributed by atoms with Gasteiger partial charge in [0, 0.05) is 48.7 Å². The lowest BCUT2D eigenvalue weighted by atomic mass is 10.1. The van der Waals surface area contributed by atoms with Gasteiger partial charge in [0.2, 0.25) is 0 Å². The van der Waals surface area contributed by atoms with Crippen molar-refractivity contribution in [2.24, 2.45) is 0 Å². The number of benzene rings is 3. The van der Waals surface area contributed by atoms with Gasteiger partial charge in [0.15, 0.2) is 0 Å². The molecule has 34 heavy (non-hydrogen) atoms. The molecule has 0 unspecified atom stereocenters. The predicted molar refractivity (Wildman–Crippen MR) is 130 cm³/mol. The normalized spacial score (nSPS) is 13.3. The molecule has 4 rings (SSSR count). The van der Waals surface area contributed by atoms with Crippen LogP contribution in [-0.2, 0) is 9.53 Å². The van der Waals surface area contributed by atoms with Crippen LogP contribution in [-0.4, -0.2) is 38.2 Å². The molecule has 2 N–H and O–H groups in total. The summed E-state index contributed by atoms with van der Waals surface area (Å²) < 4.78 is 24.7. The zero-order valence-electron chi connectivity index (χ0n) is 18.4. The third kappa shape index (κ3) is 6.03. The molecule has 3 aromatic carbocycles. The Hall–Kier alpha value is -3.62. The molecule has 1 saturated heterocycles. The van der Waals surface area contributed by atoms with Gasteiger partial charge >= 0.3 is 5.97 Å². The van der Waals surface area contributed by atoms with Gasteiger partial charge in [0.05, 0.1) is 23.9 Å². The Morgan fingerprint density at radius 3 is 2.59 bits per heavy atom. The number of nitrogens with one attached hydrogen (secondary N) is 2. The van der Waals surface area contributed by atoms with Gasteiger partial charge in [-0.05, 0) is 48.5 Å². The van der Waals surface area contributed by atoms with Gasteiger partial charge in [0.1, 0.15) is 11.6 Å². The molecular formula is C25H23ClFN3O4. The number of hydrogen-bond donors (Lipinski definition) is 2. The molecule has 9 heteroatoms. The highest BCUT2D eigenvalue weighted by molar-refractivity contribution is 6.33. The highest BCUT2D eigenvalue weighted by atomic mass is 35.5. The molecular weight excluding hydrogens is 461 g/mol. The Balaban J connectivity index is 1.51. The highest BCUT2D eigenvalue weighted by Crippen LogP contribution is 2.29. The van der Waals surface area contributed by atoms with Crippen LogP contribution in [0.3, 0.4) is 0 Å². The number of amides is 1. The lowest BCUT2D eigenvalue weighted by Gasteiger charge is -2.29. The maximum atomic E-state index is 14.2. The SMILES string of the molecule is CC(=O)Oc1cccc(Nc2cc(C(=O)Nc3cc(F)cc(N4CCOCC4)c3)ccc2Cl)c1. The monoisotopic (exact) mass is 483 g/mol. The van der Waals surface area contributed by atoms with Crippen molar-refractivity contribution in [3.05, 3.63) is 77.1 Å². The van der Waals surface area contributed by atoms with Gasteiger partial charge in [-0.3, -0.25) is 9.59 Å². The van der Waals surface area contributed by atoms with Crippen LogP contribution in [0.2, 0.25) is 5.02 Å². The van der Waals surface area contributed by atoms with Crippen molar-refractivity contribution in [1.29, 1.82) is 0 Å². The van der Waals surface area contributed by atoms with Crippen LogP contribution < -0.4 is 20.3 Å². The Morgan fingerprint density at radius 2 is 1.82 bits per heavy atom. The quantitative estimate of drug-likeness (QED) is 0.369. The van der Waals surface area contributed by atoms with Crippen LogP contribution in [0.5, 0.6) is 5.75 Å². The number of carbonyl (C=O) groups is 2. The lowest BCUT2D eigenvalue weighted by molar-refractivity contribution is -0.131. The number of nitrogens with zero attached hydrogens (tertiary/aromatic N) is 1. The molecule has 176 valence electrons. The van der Waals surface area contributed by atoms with Crippen LogP contribution in [0.4, 0.5) is 27.1 Å². The van der Waals surface area contributed by atoms with E-state index in [1.54, 1.807) is 48.5 Å². The summed E-state index contributed by atoms with van der Waals surface area (Å²) in [5.74, 6) is -0.898. The number of ether oxygens (including phenoxy) is 2. The summed E-state index contributed by atoms with van der Waals surface area (Å²) in [5.41, 5.74) is 2.48. The molecule has 0 radical (unpaired) electrons. The van der Waals surface area contributed by atoms with Gasteiger partial charge in [-0.2, -0.15) is 0 Å². The fourth-order valence-corrected chi connectivity index (χ4v) is 3.74. The van der Waals surface area contributed by atoms with Crippen molar-refractivity contribution in [1.82, 2.24) is 0 Å². The number of halogens is 2. The van der Waals surface area contributed by atoms with Crippen LogP contribution >= 0.6 is 11.6 Å². The maximum Gasteiger partial charge on any atom is 0.308 e. The van der Waals surface area contributed by atoms with Crippen molar-refractivity contribution in [3.63, 3.8) is 0 Å². The molecule has 0 bridgehead atoms. The first-order valence-corrected chi connectivity index (χ1v) is 11.0. The Bertz CT molecular complexity index is 1210. The third-order valence-corrected chi connectivity index (χ3v) is 5.45. The standard InChI is InChI=1S/C25H23ClFN3O4/c1-16(31)34-22-4-2-3-19(15-22)28-24-11-17(5-6-23(24)26)25(32)29-20-12-18(27)13-21(14-20)30-7-9-33-10-8-30/h2-6,11-15,28H,7-10H2,1H3,(H,29,32). The lowest BCUT2D eigenvalue weighted by Crippen LogP contribution is -2.36. The Morgan fingerprint density at radius 1 is 1.03 bits per heavy atom. The first-order chi connectivity index (χ1) is 16.4. The molecule has 0 saturated carbocycles. The minimum atomic E-state index is -0.439. The van der Waals surface area contributed by atoms with E-state index in [2.05, 4.69) is 10.6 Å². The van der Waals surface area contributed by atoms with Crippen molar-refractivity contribution in [2.75, 3.05) is 41.8 Å². The number of anilines is 4. The summed E-state index contributed by atoms with van der Waals surface area (Å²) in [4.78, 5) is 26.1. The molecule has 1 aliphatic heterocycles. The van der Waals surface area contributed by atoms with Crippen molar-refractivity contribution >= 4 is 46.2 Å². The maximum absolute atomic E-state index is 14.2. The van der Waals surface area contributed by atoms with Crippen molar-refractivity contribution < 1.29 is 23.5 Å². The molecule has 1 amide bonds. The first-order valence-electron chi connectivity index (χ1n) is 10.7. The summed E-state index contributed by atoms with van der Waals surface area (Å²) in [6.45, 7) is 3.77. The fourth-order valence-electron chi connectivity index (χ4n) is 3.57. The van der Waals surface area contributed by atoms with Gasteiger partial charge < -0.3 is 25.0 Å². The summed E-state index contributed by atoms with van der Waals surface area (Å²) in [7, 11) is 0. The molecule has 1 fully saturated rings. The van der Waals surface area contributed by atoms with E-state index in [0.29, 0.717) is 65.4 Å². The largest absolute Gasteiger partial charge is 0.427 e. The van der Waals surface area contributed by atoms with Gasteiger partial charge in [-0.15, -0.1) is 0 Å².